The van der Waals surface area contributed by atoms with Crippen LogP contribution in [0.15, 0.2) is 48.5 Å². The van der Waals surface area contributed by atoms with E-state index >= 15 is 0 Å². The quantitative estimate of drug-likeness (QED) is 0.823. The third kappa shape index (κ3) is 5.60. The van der Waals surface area contributed by atoms with E-state index in [9.17, 15) is 14.0 Å². The van der Waals surface area contributed by atoms with Crippen LogP contribution < -0.4 is 15.6 Å². The van der Waals surface area contributed by atoms with Gasteiger partial charge in [-0.15, -0.1) is 0 Å². The second-order valence-corrected chi connectivity index (χ2v) is 5.03. The van der Waals surface area contributed by atoms with Gasteiger partial charge in [-0.2, -0.15) is 0 Å². The third-order valence-corrected chi connectivity index (χ3v) is 3.13. The van der Waals surface area contributed by atoms with E-state index in [-0.39, 0.29) is 18.8 Å². The molecule has 0 bridgehead atoms. The minimum absolute atomic E-state index is 0.0198. The summed E-state index contributed by atoms with van der Waals surface area (Å²) >= 11 is 5.88. The number of benzene rings is 2. The van der Waals surface area contributed by atoms with Gasteiger partial charge in [-0.3, -0.25) is 20.4 Å². The second-order valence-electron chi connectivity index (χ2n) is 4.62. The van der Waals surface area contributed by atoms with Gasteiger partial charge in [-0.1, -0.05) is 35.9 Å². The first-order valence-corrected chi connectivity index (χ1v) is 7.12. The first-order valence-electron chi connectivity index (χ1n) is 6.74. The number of carbonyl (C=O) groups excluding carboxylic acids is 2. The summed E-state index contributed by atoms with van der Waals surface area (Å²) in [6, 6.07) is 12.3. The summed E-state index contributed by atoms with van der Waals surface area (Å²) in [4.78, 5) is 23.2. The van der Waals surface area contributed by atoms with Gasteiger partial charge in [0.1, 0.15) is 11.6 Å². The lowest BCUT2D eigenvalue weighted by atomic mass is 10.1. The molecular weight excluding hydrogens is 323 g/mol. The molecule has 0 spiro atoms. The molecule has 0 aliphatic carbocycles. The molecule has 2 aromatic rings. The van der Waals surface area contributed by atoms with Crippen LogP contribution >= 0.6 is 11.6 Å². The molecule has 0 atom stereocenters. The summed E-state index contributed by atoms with van der Waals surface area (Å²) in [7, 11) is 0. The fourth-order valence-electron chi connectivity index (χ4n) is 1.71. The van der Waals surface area contributed by atoms with E-state index in [0.29, 0.717) is 16.3 Å². The summed E-state index contributed by atoms with van der Waals surface area (Å²) in [5, 5.41) is 0.389. The van der Waals surface area contributed by atoms with Crippen LogP contribution in [0, 0.1) is 5.82 Å². The molecule has 2 N–H and O–H groups in total. The maximum absolute atomic E-state index is 12.8. The number of ether oxygens (including phenoxy) is 1. The van der Waals surface area contributed by atoms with E-state index in [0.717, 1.165) is 0 Å². The zero-order valence-electron chi connectivity index (χ0n) is 12.0. The van der Waals surface area contributed by atoms with Crippen molar-refractivity contribution < 1.29 is 18.7 Å². The highest BCUT2D eigenvalue weighted by molar-refractivity contribution is 6.32. The molecule has 5 nitrogen and oxygen atoms in total. The summed E-state index contributed by atoms with van der Waals surface area (Å²) in [6.07, 6.45) is 0.0198. The van der Waals surface area contributed by atoms with Crippen molar-refractivity contribution in [3.8, 4) is 5.75 Å². The normalized spacial score (nSPS) is 10.0. The number of nitrogens with one attached hydrogen (secondary N) is 2. The van der Waals surface area contributed by atoms with Gasteiger partial charge in [0.2, 0.25) is 5.91 Å². The van der Waals surface area contributed by atoms with Crippen LogP contribution in [0.2, 0.25) is 5.02 Å². The maximum atomic E-state index is 12.8. The molecule has 0 heterocycles. The maximum Gasteiger partial charge on any atom is 0.276 e. The Kier molecular flexibility index (Phi) is 5.94. The van der Waals surface area contributed by atoms with Crippen molar-refractivity contribution >= 4 is 23.4 Å². The van der Waals surface area contributed by atoms with E-state index in [1.165, 1.54) is 24.3 Å². The van der Waals surface area contributed by atoms with Gasteiger partial charge in [0, 0.05) is 0 Å². The number of amides is 2. The summed E-state index contributed by atoms with van der Waals surface area (Å²) < 4.78 is 18.0. The Bertz CT molecular complexity index is 692. The van der Waals surface area contributed by atoms with Gasteiger partial charge < -0.3 is 4.74 Å². The predicted octanol–water partition coefficient (Wildman–Crippen LogP) is 2.25. The fraction of sp³-hybridized carbons (Fsp3) is 0.125. The topological polar surface area (TPSA) is 67.4 Å². The molecular formula is C16H14ClFN2O3. The molecule has 0 aromatic heterocycles. The van der Waals surface area contributed by atoms with E-state index in [2.05, 4.69) is 10.9 Å². The lowest BCUT2D eigenvalue weighted by Crippen LogP contribution is -2.44. The Morgan fingerprint density at radius 3 is 2.35 bits per heavy atom. The molecule has 0 saturated carbocycles. The predicted molar refractivity (Wildman–Crippen MR) is 83.3 cm³/mol. The number of hydrogen-bond acceptors (Lipinski definition) is 3. The highest BCUT2D eigenvalue weighted by Crippen LogP contribution is 2.22. The SMILES string of the molecule is O=C(COc1ccccc1Cl)NNC(=O)Cc1ccc(F)cc1. The van der Waals surface area contributed by atoms with Gasteiger partial charge in [0.25, 0.3) is 5.91 Å². The Morgan fingerprint density at radius 1 is 1.00 bits per heavy atom. The Labute approximate surface area is 137 Å². The molecule has 0 aliphatic rings. The number of hydrazine groups is 1. The molecule has 7 heteroatoms. The molecule has 0 radical (unpaired) electrons. The van der Waals surface area contributed by atoms with Gasteiger partial charge in [0.05, 0.1) is 11.4 Å². The molecule has 2 aromatic carbocycles. The standard InChI is InChI=1S/C16H14ClFN2O3/c17-13-3-1-2-4-14(13)23-10-16(22)20-19-15(21)9-11-5-7-12(18)8-6-11/h1-8H,9-10H2,(H,19,21)(H,20,22). The van der Waals surface area contributed by atoms with Crippen LogP contribution in [0.1, 0.15) is 5.56 Å². The van der Waals surface area contributed by atoms with Crippen molar-refractivity contribution in [2.75, 3.05) is 6.61 Å². The highest BCUT2D eigenvalue weighted by Gasteiger charge is 2.08. The zero-order chi connectivity index (χ0) is 16.7. The van der Waals surface area contributed by atoms with Crippen molar-refractivity contribution in [1.29, 1.82) is 0 Å². The fourth-order valence-corrected chi connectivity index (χ4v) is 1.90. The Morgan fingerprint density at radius 2 is 1.65 bits per heavy atom. The van der Waals surface area contributed by atoms with Crippen LogP contribution in [-0.2, 0) is 16.0 Å². The van der Waals surface area contributed by atoms with Gasteiger partial charge >= 0.3 is 0 Å². The molecule has 2 rings (SSSR count). The van der Waals surface area contributed by atoms with Crippen LogP contribution in [0.4, 0.5) is 4.39 Å². The average Bonchev–Trinajstić information content (AvgIpc) is 2.54. The molecule has 120 valence electrons. The zero-order valence-corrected chi connectivity index (χ0v) is 12.8. The average molecular weight is 337 g/mol. The molecule has 0 unspecified atom stereocenters. The van der Waals surface area contributed by atoms with Gasteiger partial charge in [0.15, 0.2) is 6.61 Å². The van der Waals surface area contributed by atoms with Crippen molar-refractivity contribution in [2.45, 2.75) is 6.42 Å². The van der Waals surface area contributed by atoms with Gasteiger partial charge in [-0.25, -0.2) is 4.39 Å². The number of halogens is 2. The third-order valence-electron chi connectivity index (χ3n) is 2.81. The summed E-state index contributed by atoms with van der Waals surface area (Å²) in [5.41, 5.74) is 5.10. The lowest BCUT2D eigenvalue weighted by Gasteiger charge is -2.09. The number of para-hydroxylation sites is 1. The molecule has 0 aliphatic heterocycles. The van der Waals surface area contributed by atoms with Crippen molar-refractivity contribution in [2.24, 2.45) is 0 Å². The molecule has 0 saturated heterocycles. The van der Waals surface area contributed by atoms with Crippen LogP contribution in [0.3, 0.4) is 0 Å². The number of hydrogen-bond donors (Lipinski definition) is 2. The van der Waals surface area contributed by atoms with Crippen molar-refractivity contribution in [3.05, 3.63) is 64.9 Å². The van der Waals surface area contributed by atoms with Crippen molar-refractivity contribution in [1.82, 2.24) is 10.9 Å². The number of carbonyl (C=O) groups is 2. The first kappa shape index (κ1) is 16.8. The smallest absolute Gasteiger partial charge is 0.276 e. The first-order chi connectivity index (χ1) is 11.0. The van der Waals surface area contributed by atoms with Crippen molar-refractivity contribution in [3.63, 3.8) is 0 Å². The second kappa shape index (κ2) is 8.14. The Balaban J connectivity index is 1.72. The molecule has 2 amide bonds. The summed E-state index contributed by atoms with van der Waals surface area (Å²) in [5.74, 6) is -0.957. The van der Waals surface area contributed by atoms with E-state index < -0.39 is 11.8 Å². The Hall–Kier alpha value is -2.60. The van der Waals surface area contributed by atoms with E-state index in [4.69, 9.17) is 16.3 Å². The number of rotatable bonds is 5. The molecule has 0 fully saturated rings. The van der Waals surface area contributed by atoms with Crippen LogP contribution in [-0.4, -0.2) is 18.4 Å². The minimum Gasteiger partial charge on any atom is -0.482 e. The highest BCUT2D eigenvalue weighted by atomic mass is 35.5. The largest absolute Gasteiger partial charge is 0.482 e. The monoisotopic (exact) mass is 336 g/mol. The lowest BCUT2D eigenvalue weighted by molar-refractivity contribution is -0.129. The van der Waals surface area contributed by atoms with Crippen LogP contribution in [0.5, 0.6) is 5.75 Å². The summed E-state index contributed by atoms with van der Waals surface area (Å²) in [6.45, 7) is -0.291. The van der Waals surface area contributed by atoms with E-state index in [1.807, 2.05) is 0 Å². The van der Waals surface area contributed by atoms with Gasteiger partial charge in [-0.05, 0) is 29.8 Å². The minimum atomic E-state index is -0.530. The van der Waals surface area contributed by atoms with Crippen LogP contribution in [0.25, 0.3) is 0 Å². The van der Waals surface area contributed by atoms with E-state index in [1.54, 1.807) is 24.3 Å². The molecule has 23 heavy (non-hydrogen) atoms.